The Morgan fingerprint density at radius 2 is 1.86 bits per heavy atom. The molecule has 0 saturated carbocycles. The number of hydrogen-bond donors (Lipinski definition) is 1. The molecule has 2 aromatic carbocycles. The lowest BCUT2D eigenvalue weighted by Gasteiger charge is -2.12. The van der Waals surface area contributed by atoms with Gasteiger partial charge in [0, 0.05) is 6.04 Å². The van der Waals surface area contributed by atoms with E-state index in [2.05, 4.69) is 23.5 Å². The lowest BCUT2D eigenvalue weighted by atomic mass is 10.1. The van der Waals surface area contributed by atoms with Crippen LogP contribution >= 0.6 is 0 Å². The Morgan fingerprint density at radius 1 is 1.11 bits per heavy atom. The number of para-hydroxylation sites is 1. The molecule has 1 unspecified atom stereocenters. The number of aryl methyl sites for hydroxylation is 1. The number of nitrogens with one attached hydrogen (secondary N) is 1. The fourth-order valence-electron chi connectivity index (χ4n) is 2.81. The molecule has 3 rings (SSSR count). The summed E-state index contributed by atoms with van der Waals surface area (Å²) < 4.78 is 11.2. The van der Waals surface area contributed by atoms with Crippen LogP contribution in [0.25, 0.3) is 0 Å². The van der Waals surface area contributed by atoms with Gasteiger partial charge < -0.3 is 14.5 Å². The van der Waals surface area contributed by atoms with E-state index in [0.29, 0.717) is 17.1 Å². The highest BCUT2D eigenvalue weighted by atomic mass is 16.5. The number of nitriles is 1. The van der Waals surface area contributed by atoms with Gasteiger partial charge in [0.2, 0.25) is 0 Å². The maximum absolute atomic E-state index is 12.4. The SMILES string of the molecule is CC(CCc1ccccc1)NC(=O)c1ccc(COc2ccccc2C#N)o1. The van der Waals surface area contributed by atoms with E-state index in [0.717, 1.165) is 12.8 Å². The lowest BCUT2D eigenvalue weighted by molar-refractivity contribution is 0.0906. The molecule has 142 valence electrons. The molecular weight excluding hydrogens is 352 g/mol. The van der Waals surface area contributed by atoms with E-state index < -0.39 is 0 Å². The Kier molecular flexibility index (Phi) is 6.48. The van der Waals surface area contributed by atoms with E-state index in [1.54, 1.807) is 36.4 Å². The predicted octanol–water partition coefficient (Wildman–Crippen LogP) is 4.48. The van der Waals surface area contributed by atoms with Crippen molar-refractivity contribution in [3.05, 3.63) is 89.4 Å². The molecule has 5 heteroatoms. The van der Waals surface area contributed by atoms with Crippen molar-refractivity contribution in [3.8, 4) is 11.8 Å². The number of carbonyl (C=O) groups is 1. The number of furan rings is 1. The standard InChI is InChI=1S/C23H22N2O3/c1-17(11-12-18-7-3-2-4-8-18)25-23(26)22-14-13-20(28-22)16-27-21-10-6-5-9-19(21)15-24/h2-10,13-14,17H,11-12,16H2,1H3,(H,25,26). The van der Waals surface area contributed by atoms with Gasteiger partial charge in [-0.05, 0) is 49.6 Å². The Hall–Kier alpha value is -3.52. The molecule has 0 aliphatic heterocycles. The Bertz CT molecular complexity index is 957. The smallest absolute Gasteiger partial charge is 0.287 e. The van der Waals surface area contributed by atoms with Crippen LogP contribution in [0.1, 0.15) is 40.8 Å². The summed E-state index contributed by atoms with van der Waals surface area (Å²) >= 11 is 0. The summed E-state index contributed by atoms with van der Waals surface area (Å²) in [7, 11) is 0. The van der Waals surface area contributed by atoms with E-state index in [4.69, 9.17) is 14.4 Å². The van der Waals surface area contributed by atoms with Crippen LogP contribution in [0, 0.1) is 11.3 Å². The van der Waals surface area contributed by atoms with E-state index >= 15 is 0 Å². The minimum absolute atomic E-state index is 0.0278. The van der Waals surface area contributed by atoms with Gasteiger partial charge in [-0.2, -0.15) is 5.26 Å². The molecule has 0 aliphatic carbocycles. The van der Waals surface area contributed by atoms with Crippen molar-refractivity contribution in [1.29, 1.82) is 5.26 Å². The fraction of sp³-hybridized carbons (Fsp3) is 0.217. The highest BCUT2D eigenvalue weighted by Gasteiger charge is 2.14. The van der Waals surface area contributed by atoms with Crippen LogP contribution < -0.4 is 10.1 Å². The Labute approximate surface area is 164 Å². The van der Waals surface area contributed by atoms with Crippen LogP contribution in [0.3, 0.4) is 0 Å². The number of nitrogens with zero attached hydrogens (tertiary/aromatic N) is 1. The summed E-state index contributed by atoms with van der Waals surface area (Å²) in [4.78, 5) is 12.4. The zero-order valence-electron chi connectivity index (χ0n) is 15.7. The normalized spacial score (nSPS) is 11.4. The van der Waals surface area contributed by atoms with Crippen molar-refractivity contribution in [1.82, 2.24) is 5.32 Å². The highest BCUT2D eigenvalue weighted by molar-refractivity contribution is 5.91. The van der Waals surface area contributed by atoms with E-state index in [1.165, 1.54) is 5.56 Å². The molecular formula is C23H22N2O3. The second-order valence-electron chi connectivity index (χ2n) is 6.56. The number of hydrogen-bond acceptors (Lipinski definition) is 4. The molecule has 0 saturated heterocycles. The first kappa shape index (κ1) is 19.2. The summed E-state index contributed by atoms with van der Waals surface area (Å²) in [6.45, 7) is 2.13. The first-order chi connectivity index (χ1) is 13.7. The van der Waals surface area contributed by atoms with E-state index in [-0.39, 0.29) is 24.3 Å². The molecule has 1 N–H and O–H groups in total. The number of ether oxygens (including phenoxy) is 1. The molecule has 3 aromatic rings. The van der Waals surface area contributed by atoms with Gasteiger partial charge in [0.05, 0.1) is 5.56 Å². The van der Waals surface area contributed by atoms with Gasteiger partial charge in [-0.15, -0.1) is 0 Å². The minimum Gasteiger partial charge on any atom is -0.484 e. The second-order valence-corrected chi connectivity index (χ2v) is 6.56. The fourth-order valence-corrected chi connectivity index (χ4v) is 2.81. The third kappa shape index (κ3) is 5.24. The van der Waals surface area contributed by atoms with Crippen LogP contribution in [-0.2, 0) is 13.0 Å². The zero-order chi connectivity index (χ0) is 19.8. The van der Waals surface area contributed by atoms with Gasteiger partial charge in [-0.3, -0.25) is 4.79 Å². The van der Waals surface area contributed by atoms with Crippen molar-refractivity contribution in [3.63, 3.8) is 0 Å². The van der Waals surface area contributed by atoms with Gasteiger partial charge in [0.1, 0.15) is 24.2 Å². The van der Waals surface area contributed by atoms with Crippen LogP contribution in [0.2, 0.25) is 0 Å². The van der Waals surface area contributed by atoms with Crippen molar-refractivity contribution in [2.24, 2.45) is 0 Å². The molecule has 5 nitrogen and oxygen atoms in total. The van der Waals surface area contributed by atoms with E-state index in [9.17, 15) is 4.79 Å². The molecule has 1 atom stereocenters. The molecule has 0 aliphatic rings. The molecule has 28 heavy (non-hydrogen) atoms. The average Bonchev–Trinajstić information content (AvgIpc) is 3.21. The summed E-state index contributed by atoms with van der Waals surface area (Å²) in [5, 5.41) is 12.0. The second kappa shape index (κ2) is 9.43. The lowest BCUT2D eigenvalue weighted by Crippen LogP contribution is -2.32. The van der Waals surface area contributed by atoms with Crippen LogP contribution in [0.5, 0.6) is 5.75 Å². The molecule has 0 radical (unpaired) electrons. The van der Waals surface area contributed by atoms with E-state index in [1.807, 2.05) is 25.1 Å². The molecule has 1 amide bonds. The third-order valence-corrected chi connectivity index (χ3v) is 4.35. The van der Waals surface area contributed by atoms with Gasteiger partial charge in [0.25, 0.3) is 5.91 Å². The van der Waals surface area contributed by atoms with Crippen molar-refractivity contribution >= 4 is 5.91 Å². The molecule has 1 heterocycles. The zero-order valence-corrected chi connectivity index (χ0v) is 15.7. The van der Waals surface area contributed by atoms with Gasteiger partial charge in [0.15, 0.2) is 5.76 Å². The molecule has 0 spiro atoms. The van der Waals surface area contributed by atoms with Crippen LogP contribution in [-0.4, -0.2) is 11.9 Å². The summed E-state index contributed by atoms with van der Waals surface area (Å²) in [6, 6.07) is 22.6. The number of carbonyl (C=O) groups excluding carboxylic acids is 1. The van der Waals surface area contributed by atoms with Crippen molar-refractivity contribution in [2.75, 3.05) is 0 Å². The highest BCUT2D eigenvalue weighted by Crippen LogP contribution is 2.19. The molecule has 0 fully saturated rings. The third-order valence-electron chi connectivity index (χ3n) is 4.35. The monoisotopic (exact) mass is 374 g/mol. The number of rotatable bonds is 8. The number of amides is 1. The van der Waals surface area contributed by atoms with Crippen molar-refractivity contribution in [2.45, 2.75) is 32.4 Å². The maximum atomic E-state index is 12.4. The van der Waals surface area contributed by atoms with Crippen molar-refractivity contribution < 1.29 is 13.9 Å². The Morgan fingerprint density at radius 3 is 2.64 bits per heavy atom. The van der Waals surface area contributed by atoms with Gasteiger partial charge in [-0.25, -0.2) is 0 Å². The topological polar surface area (TPSA) is 75.3 Å². The minimum atomic E-state index is -0.246. The molecule has 1 aromatic heterocycles. The summed E-state index contributed by atoms with van der Waals surface area (Å²) in [5.41, 5.74) is 1.71. The Balaban J connectivity index is 1.50. The maximum Gasteiger partial charge on any atom is 0.287 e. The summed E-state index contributed by atoms with van der Waals surface area (Å²) in [6.07, 6.45) is 1.75. The molecule has 0 bridgehead atoms. The average molecular weight is 374 g/mol. The van der Waals surface area contributed by atoms with Gasteiger partial charge in [-0.1, -0.05) is 42.5 Å². The predicted molar refractivity (Wildman–Crippen MR) is 106 cm³/mol. The quantitative estimate of drug-likeness (QED) is 0.631. The van der Waals surface area contributed by atoms with Gasteiger partial charge >= 0.3 is 0 Å². The number of benzene rings is 2. The first-order valence-corrected chi connectivity index (χ1v) is 9.21. The van der Waals surface area contributed by atoms with Crippen LogP contribution in [0.15, 0.2) is 71.1 Å². The largest absolute Gasteiger partial charge is 0.484 e. The first-order valence-electron chi connectivity index (χ1n) is 9.21. The summed E-state index contributed by atoms with van der Waals surface area (Å²) in [5.74, 6) is 1.01. The van der Waals surface area contributed by atoms with Crippen LogP contribution in [0.4, 0.5) is 0 Å².